The van der Waals surface area contributed by atoms with Gasteiger partial charge in [0.2, 0.25) is 17.7 Å². The third-order valence-electron chi connectivity index (χ3n) is 11.9. The van der Waals surface area contributed by atoms with Crippen LogP contribution in [0.15, 0.2) is 65.7 Å². The molecule has 2 aromatic heterocycles. The number of imide groups is 2. The van der Waals surface area contributed by atoms with Crippen molar-refractivity contribution in [2.45, 2.75) is 77.9 Å². The minimum atomic E-state index is -1.03. The molecule has 0 bridgehead atoms. The van der Waals surface area contributed by atoms with Gasteiger partial charge in [0.25, 0.3) is 17.7 Å². The highest BCUT2D eigenvalue weighted by Crippen LogP contribution is 2.40. The number of carbonyl (C=O) groups excluding carboxylic acids is 6. The van der Waals surface area contributed by atoms with Gasteiger partial charge in [-0.1, -0.05) is 35.9 Å². The molecule has 0 aliphatic carbocycles. The molecule has 6 heterocycles. The van der Waals surface area contributed by atoms with Crippen LogP contribution >= 0.6 is 22.9 Å². The highest BCUT2D eigenvalue weighted by Gasteiger charge is 2.45. The van der Waals surface area contributed by atoms with E-state index >= 15 is 0 Å². The van der Waals surface area contributed by atoms with Crippen LogP contribution in [-0.2, 0) is 20.9 Å². The number of anilines is 2. The van der Waals surface area contributed by atoms with Gasteiger partial charge in [0.05, 0.1) is 23.3 Å². The number of unbranched alkanes of at least 4 members (excludes halogenated alkanes) is 2. The molecule has 1 saturated heterocycles. The summed E-state index contributed by atoms with van der Waals surface area (Å²) in [6.45, 7) is 7.59. The van der Waals surface area contributed by atoms with E-state index < -0.39 is 35.7 Å². The van der Waals surface area contributed by atoms with Crippen LogP contribution in [0.1, 0.15) is 114 Å². The van der Waals surface area contributed by atoms with Gasteiger partial charge >= 0.3 is 0 Å². The molecule has 15 nitrogen and oxygen atoms in total. The number of hydrogen-bond acceptors (Lipinski definition) is 11. The number of rotatable bonds is 12. The first-order valence-corrected chi connectivity index (χ1v) is 21.7. The van der Waals surface area contributed by atoms with Crippen molar-refractivity contribution < 1.29 is 28.8 Å². The number of hydrogen-bond donors (Lipinski definition) is 3. The Morgan fingerprint density at radius 2 is 1.71 bits per heavy atom. The van der Waals surface area contributed by atoms with Crippen LogP contribution in [0.3, 0.4) is 0 Å². The molecule has 316 valence electrons. The van der Waals surface area contributed by atoms with E-state index in [0.29, 0.717) is 53.2 Å². The fourth-order valence-corrected chi connectivity index (χ4v) is 9.97. The highest BCUT2D eigenvalue weighted by atomic mass is 35.5. The van der Waals surface area contributed by atoms with Crippen LogP contribution in [0, 0.1) is 20.8 Å². The molecule has 6 amide bonds. The summed E-state index contributed by atoms with van der Waals surface area (Å²) >= 11 is 7.90. The second kappa shape index (κ2) is 16.4. The van der Waals surface area contributed by atoms with Gasteiger partial charge in [0.15, 0.2) is 5.82 Å². The third-order valence-corrected chi connectivity index (χ3v) is 13.3. The molecule has 17 heteroatoms. The number of nitrogens with one attached hydrogen (secondary N) is 3. The summed E-state index contributed by atoms with van der Waals surface area (Å²) in [5.74, 6) is -1.28. The summed E-state index contributed by atoms with van der Waals surface area (Å²) in [4.78, 5) is 87.1. The van der Waals surface area contributed by atoms with Gasteiger partial charge in [0, 0.05) is 64.0 Å². The Hall–Kier alpha value is -6.52. The molecule has 5 aromatic rings. The van der Waals surface area contributed by atoms with E-state index in [2.05, 4.69) is 40.0 Å². The van der Waals surface area contributed by atoms with Crippen molar-refractivity contribution in [2.75, 3.05) is 23.7 Å². The van der Waals surface area contributed by atoms with Gasteiger partial charge < -0.3 is 15.5 Å². The fourth-order valence-electron chi connectivity index (χ4n) is 8.63. The Kier molecular flexibility index (Phi) is 10.8. The first-order chi connectivity index (χ1) is 29.9. The molecular formula is C45H42ClN9O6S. The normalized spacial score (nSPS) is 17.9. The maximum atomic E-state index is 13.8. The van der Waals surface area contributed by atoms with Crippen molar-refractivity contribution in [3.8, 4) is 5.00 Å². The van der Waals surface area contributed by atoms with E-state index in [1.807, 2.05) is 47.9 Å². The van der Waals surface area contributed by atoms with E-state index in [9.17, 15) is 28.8 Å². The maximum Gasteiger partial charge on any atom is 0.264 e. The average molecular weight is 872 g/mol. The Labute approximate surface area is 365 Å². The number of aliphatic imine (C=N–C) groups is 1. The van der Waals surface area contributed by atoms with Gasteiger partial charge in [-0.05, 0) is 94.0 Å². The number of nitrogens with zero attached hydrogens (tertiary/aromatic N) is 6. The number of halogens is 1. The number of carbonyl (C=O) groups is 6. The van der Waals surface area contributed by atoms with Crippen molar-refractivity contribution >= 4 is 75.5 Å². The average Bonchev–Trinajstić information content (AvgIpc) is 3.92. The quantitative estimate of drug-likeness (QED) is 0.0933. The first-order valence-electron chi connectivity index (χ1n) is 20.5. The lowest BCUT2D eigenvalue weighted by molar-refractivity contribution is -0.136. The molecule has 4 aliphatic heterocycles. The minimum absolute atomic E-state index is 0.00378. The molecule has 0 saturated carbocycles. The van der Waals surface area contributed by atoms with Gasteiger partial charge in [-0.15, -0.1) is 21.5 Å². The molecule has 2 atom stereocenters. The zero-order valence-corrected chi connectivity index (χ0v) is 35.8. The molecule has 3 N–H and O–H groups in total. The summed E-state index contributed by atoms with van der Waals surface area (Å²) in [5.41, 5.74) is 6.63. The SMILES string of the molecule is Cc1sc2c(c1C)C(c1ccc(Cl)cc1)=N[C@@H](CC(=O)Nc1ccc3c(c1)C(=O)N(CCCCCNc1cccc4c1C(=O)N(C1CCC(=O)NC1=O)C4=O)C3)c1nnc(C)n1-2. The van der Waals surface area contributed by atoms with Crippen molar-refractivity contribution in [3.63, 3.8) is 0 Å². The topological polar surface area (TPSA) is 188 Å². The number of aryl methyl sites for hydroxylation is 2. The summed E-state index contributed by atoms with van der Waals surface area (Å²) in [5, 5.41) is 19.0. The second-order valence-electron chi connectivity index (χ2n) is 15.9. The molecule has 9 rings (SSSR count). The number of aromatic nitrogens is 3. The standard InChI is InChI=1S/C45H42ClN9O6S/c1-23-24(2)62-45-37(23)39(26-10-13-28(46)14-11-26)49-33(40-52-51-25(3)54(40)45)21-36(57)48-29-15-12-27-22-53(42(59)31(27)20-29)19-6-4-5-18-47-32-9-7-8-30-38(32)44(61)55(43(30)60)34-16-17-35(56)50-41(34)58/h7-15,20,33-34,47H,4-6,16-19,21-22H2,1-3H3,(H,48,57)(H,50,56,58)/t33-,34?/m0/s1. The molecule has 1 unspecified atom stereocenters. The summed E-state index contributed by atoms with van der Waals surface area (Å²) in [6, 6.07) is 16.3. The maximum absolute atomic E-state index is 13.8. The highest BCUT2D eigenvalue weighted by molar-refractivity contribution is 7.15. The van der Waals surface area contributed by atoms with Gasteiger partial charge in [-0.25, -0.2) is 0 Å². The van der Waals surface area contributed by atoms with Crippen LogP contribution in [-0.4, -0.2) is 84.9 Å². The Balaban J connectivity index is 0.803. The summed E-state index contributed by atoms with van der Waals surface area (Å²) < 4.78 is 2.00. The van der Waals surface area contributed by atoms with Crippen molar-refractivity contribution in [2.24, 2.45) is 4.99 Å². The molecule has 3 aromatic carbocycles. The lowest BCUT2D eigenvalue weighted by Gasteiger charge is -2.27. The largest absolute Gasteiger partial charge is 0.384 e. The van der Waals surface area contributed by atoms with E-state index in [-0.39, 0.29) is 42.2 Å². The number of thiophene rings is 1. The number of benzene rings is 3. The van der Waals surface area contributed by atoms with Gasteiger partial charge in [0.1, 0.15) is 22.9 Å². The van der Waals surface area contributed by atoms with Crippen LogP contribution in [0.5, 0.6) is 0 Å². The Bertz CT molecular complexity index is 2760. The van der Waals surface area contributed by atoms with E-state index in [4.69, 9.17) is 16.6 Å². The smallest absolute Gasteiger partial charge is 0.264 e. The lowest BCUT2D eigenvalue weighted by atomic mass is 9.99. The van der Waals surface area contributed by atoms with Crippen LogP contribution in [0.4, 0.5) is 11.4 Å². The van der Waals surface area contributed by atoms with Crippen molar-refractivity contribution in [3.05, 3.63) is 121 Å². The van der Waals surface area contributed by atoms with Crippen LogP contribution in [0.2, 0.25) is 5.02 Å². The molecule has 0 radical (unpaired) electrons. The summed E-state index contributed by atoms with van der Waals surface area (Å²) in [6.07, 6.45) is 2.42. The number of fused-ring (bicyclic) bond motifs is 5. The predicted molar refractivity (Wildman–Crippen MR) is 233 cm³/mol. The predicted octanol–water partition coefficient (Wildman–Crippen LogP) is 6.47. The molecular weight excluding hydrogens is 830 g/mol. The monoisotopic (exact) mass is 871 g/mol. The molecule has 1 fully saturated rings. The van der Waals surface area contributed by atoms with Crippen molar-refractivity contribution in [1.29, 1.82) is 0 Å². The van der Waals surface area contributed by atoms with Crippen LogP contribution < -0.4 is 16.0 Å². The zero-order chi connectivity index (χ0) is 43.4. The Morgan fingerprint density at radius 3 is 2.50 bits per heavy atom. The molecule has 0 spiro atoms. The van der Waals surface area contributed by atoms with Crippen molar-refractivity contribution in [1.82, 2.24) is 29.9 Å². The Morgan fingerprint density at radius 1 is 0.903 bits per heavy atom. The minimum Gasteiger partial charge on any atom is -0.384 e. The van der Waals surface area contributed by atoms with E-state index in [1.54, 1.807) is 40.5 Å². The third kappa shape index (κ3) is 7.36. The summed E-state index contributed by atoms with van der Waals surface area (Å²) in [7, 11) is 0. The molecule has 62 heavy (non-hydrogen) atoms. The van der Waals surface area contributed by atoms with Gasteiger partial charge in [-0.2, -0.15) is 0 Å². The second-order valence-corrected chi connectivity index (χ2v) is 17.6. The number of piperidine rings is 1. The number of amides is 6. The molecule has 4 aliphatic rings. The fraction of sp³-hybridized carbons (Fsp3) is 0.311. The first kappa shape index (κ1) is 40.9. The lowest BCUT2D eigenvalue weighted by Crippen LogP contribution is -2.54. The zero-order valence-electron chi connectivity index (χ0n) is 34.2. The van der Waals surface area contributed by atoms with E-state index in [1.165, 1.54) is 0 Å². The van der Waals surface area contributed by atoms with E-state index in [0.717, 1.165) is 62.0 Å². The van der Waals surface area contributed by atoms with Crippen LogP contribution in [0.25, 0.3) is 5.00 Å². The van der Waals surface area contributed by atoms with Gasteiger partial charge in [-0.3, -0.25) is 48.5 Å².